The van der Waals surface area contributed by atoms with Gasteiger partial charge in [0.25, 0.3) is 15.9 Å². The van der Waals surface area contributed by atoms with Crippen LogP contribution in [0.5, 0.6) is 0 Å². The molecule has 9 heteroatoms. The molecule has 1 saturated heterocycles. The number of likely N-dealkylation sites (tertiary alicyclic amines) is 1. The summed E-state index contributed by atoms with van der Waals surface area (Å²) in [5, 5.41) is 0. The second-order valence-corrected chi connectivity index (χ2v) is 9.59. The van der Waals surface area contributed by atoms with Gasteiger partial charge in [-0.05, 0) is 55.3 Å². The van der Waals surface area contributed by atoms with Crippen LogP contribution >= 0.6 is 0 Å². The first kappa shape index (κ1) is 21.1. The summed E-state index contributed by atoms with van der Waals surface area (Å²) in [6.45, 7) is 0.547. The number of aromatic nitrogens is 2. The summed E-state index contributed by atoms with van der Waals surface area (Å²) in [6, 6.07) is 18.8. The van der Waals surface area contributed by atoms with Crippen LogP contribution in [-0.2, 0) is 10.0 Å². The number of para-hydroxylation sites is 3. The number of amides is 1. The van der Waals surface area contributed by atoms with Crippen molar-refractivity contribution in [3.05, 3.63) is 90.0 Å². The van der Waals surface area contributed by atoms with Gasteiger partial charge in [0, 0.05) is 12.1 Å². The van der Waals surface area contributed by atoms with Crippen LogP contribution in [0, 0.1) is 5.82 Å². The number of hydrogen-bond acceptors (Lipinski definition) is 4. The highest BCUT2D eigenvalue weighted by molar-refractivity contribution is 7.92. The molecule has 0 saturated carbocycles. The molecule has 0 radical (unpaired) electrons. The molecule has 168 valence electrons. The van der Waals surface area contributed by atoms with Gasteiger partial charge in [-0.1, -0.05) is 30.3 Å². The smallest absolute Gasteiger partial charge is 0.262 e. The number of carbonyl (C=O) groups excluding carboxylic acids is 1. The Morgan fingerprint density at radius 1 is 1.06 bits per heavy atom. The molecule has 7 nitrogen and oxygen atoms in total. The van der Waals surface area contributed by atoms with Crippen LogP contribution in [0.4, 0.5) is 10.1 Å². The van der Waals surface area contributed by atoms with E-state index in [1.54, 1.807) is 11.0 Å². The van der Waals surface area contributed by atoms with Crippen molar-refractivity contribution in [3.63, 3.8) is 0 Å². The second kappa shape index (κ2) is 8.32. The van der Waals surface area contributed by atoms with Crippen molar-refractivity contribution < 1.29 is 17.6 Å². The highest BCUT2D eigenvalue weighted by atomic mass is 32.2. The van der Waals surface area contributed by atoms with Gasteiger partial charge < -0.3 is 9.88 Å². The van der Waals surface area contributed by atoms with Gasteiger partial charge in [0.1, 0.15) is 11.6 Å². The molecule has 2 heterocycles. The van der Waals surface area contributed by atoms with E-state index in [0.717, 1.165) is 23.9 Å². The number of fused-ring (bicyclic) bond motifs is 1. The average Bonchev–Trinajstić information content (AvgIpc) is 3.47. The van der Waals surface area contributed by atoms with Crippen molar-refractivity contribution in [1.82, 2.24) is 14.9 Å². The molecule has 3 aromatic carbocycles. The maximum atomic E-state index is 13.9. The molecule has 1 fully saturated rings. The third-order valence-corrected chi connectivity index (χ3v) is 7.11. The van der Waals surface area contributed by atoms with E-state index in [9.17, 15) is 17.6 Å². The van der Waals surface area contributed by atoms with Crippen LogP contribution in [0.1, 0.15) is 35.1 Å². The van der Waals surface area contributed by atoms with E-state index in [2.05, 4.69) is 14.7 Å². The number of halogens is 1. The number of nitrogens with zero attached hydrogens (tertiary/aromatic N) is 2. The van der Waals surface area contributed by atoms with Crippen LogP contribution in [-0.4, -0.2) is 35.7 Å². The van der Waals surface area contributed by atoms with Crippen LogP contribution in [0.25, 0.3) is 11.0 Å². The Bertz CT molecular complexity index is 1420. The Kier molecular flexibility index (Phi) is 5.33. The topological polar surface area (TPSA) is 95.2 Å². The van der Waals surface area contributed by atoms with E-state index in [1.165, 1.54) is 42.5 Å². The number of aromatic amines is 1. The van der Waals surface area contributed by atoms with Crippen molar-refractivity contribution >= 4 is 32.7 Å². The maximum absolute atomic E-state index is 13.9. The summed E-state index contributed by atoms with van der Waals surface area (Å²) < 4.78 is 41.8. The highest BCUT2D eigenvalue weighted by Crippen LogP contribution is 2.33. The molecule has 1 atom stereocenters. The normalized spacial score (nSPS) is 16.3. The van der Waals surface area contributed by atoms with Gasteiger partial charge in [0.15, 0.2) is 0 Å². The molecule has 2 N–H and O–H groups in total. The first-order valence-electron chi connectivity index (χ1n) is 10.6. The number of benzene rings is 3. The predicted molar refractivity (Wildman–Crippen MR) is 123 cm³/mol. The molecule has 0 bridgehead atoms. The molecule has 5 rings (SSSR count). The van der Waals surface area contributed by atoms with Gasteiger partial charge >= 0.3 is 0 Å². The summed E-state index contributed by atoms with van der Waals surface area (Å²) in [5.74, 6) is -0.244. The SMILES string of the molecule is O=C(c1cccc(S(=O)(=O)Nc2ccccc2F)c1)N1CCC[C@@H]1c1nc2ccccc2[nH]1. The zero-order valence-corrected chi connectivity index (χ0v) is 18.3. The minimum absolute atomic E-state index is 0.115. The first-order valence-corrected chi connectivity index (χ1v) is 12.0. The Morgan fingerprint density at radius 2 is 1.85 bits per heavy atom. The number of sulfonamides is 1. The molecule has 0 unspecified atom stereocenters. The lowest BCUT2D eigenvalue weighted by molar-refractivity contribution is 0.0730. The van der Waals surface area contributed by atoms with E-state index in [-0.39, 0.29) is 28.1 Å². The lowest BCUT2D eigenvalue weighted by Crippen LogP contribution is -2.31. The Balaban J connectivity index is 1.42. The maximum Gasteiger partial charge on any atom is 0.262 e. The first-order chi connectivity index (χ1) is 15.9. The minimum Gasteiger partial charge on any atom is -0.340 e. The van der Waals surface area contributed by atoms with E-state index in [4.69, 9.17) is 0 Å². The van der Waals surface area contributed by atoms with Gasteiger partial charge in [0.2, 0.25) is 0 Å². The van der Waals surface area contributed by atoms with E-state index >= 15 is 0 Å². The molecular weight excluding hydrogens is 443 g/mol. The van der Waals surface area contributed by atoms with Crippen molar-refractivity contribution in [2.24, 2.45) is 0 Å². The molecule has 0 spiro atoms. The molecule has 1 aromatic heterocycles. The number of anilines is 1. The van der Waals surface area contributed by atoms with Crippen LogP contribution in [0.2, 0.25) is 0 Å². The molecule has 33 heavy (non-hydrogen) atoms. The standard InChI is InChI=1S/C24H21FN4O3S/c25-18-9-1-2-10-19(18)28-33(31,32)17-8-5-7-16(15-17)24(30)29-14-6-13-22(29)23-26-20-11-3-4-12-21(20)27-23/h1-5,7-12,15,22,28H,6,13-14H2,(H,26,27)/t22-/m1/s1. The molecule has 1 aliphatic heterocycles. The van der Waals surface area contributed by atoms with Crippen LogP contribution < -0.4 is 4.72 Å². The summed E-state index contributed by atoms with van der Waals surface area (Å²) in [7, 11) is -4.08. The molecule has 0 aliphatic carbocycles. The Labute approximate surface area is 190 Å². The van der Waals surface area contributed by atoms with Gasteiger partial charge in [0.05, 0.1) is 27.7 Å². The summed E-state index contributed by atoms with van der Waals surface area (Å²) in [4.78, 5) is 22.9. The van der Waals surface area contributed by atoms with Gasteiger partial charge in [-0.15, -0.1) is 0 Å². The lowest BCUT2D eigenvalue weighted by Gasteiger charge is -2.23. The quantitative estimate of drug-likeness (QED) is 0.455. The van der Waals surface area contributed by atoms with E-state index in [1.807, 2.05) is 24.3 Å². The number of carbonyl (C=O) groups is 1. The summed E-state index contributed by atoms with van der Waals surface area (Å²) in [6.07, 6.45) is 1.58. The van der Waals surface area contributed by atoms with Crippen molar-refractivity contribution in [3.8, 4) is 0 Å². The Hall–Kier alpha value is -3.72. The van der Waals surface area contributed by atoms with Crippen molar-refractivity contribution in [2.75, 3.05) is 11.3 Å². The molecule has 1 aliphatic rings. The average molecular weight is 465 g/mol. The fourth-order valence-corrected chi connectivity index (χ4v) is 5.25. The van der Waals surface area contributed by atoms with Gasteiger partial charge in [-0.3, -0.25) is 9.52 Å². The third-order valence-electron chi connectivity index (χ3n) is 5.75. The van der Waals surface area contributed by atoms with Crippen LogP contribution in [0.3, 0.4) is 0 Å². The summed E-state index contributed by atoms with van der Waals surface area (Å²) >= 11 is 0. The van der Waals surface area contributed by atoms with Gasteiger partial charge in [-0.25, -0.2) is 17.8 Å². The van der Waals surface area contributed by atoms with Crippen molar-refractivity contribution in [1.29, 1.82) is 0 Å². The highest BCUT2D eigenvalue weighted by Gasteiger charge is 2.33. The zero-order chi connectivity index (χ0) is 23.0. The number of hydrogen-bond donors (Lipinski definition) is 2. The fourth-order valence-electron chi connectivity index (χ4n) is 4.13. The monoisotopic (exact) mass is 464 g/mol. The summed E-state index contributed by atoms with van der Waals surface area (Å²) in [5.41, 5.74) is 1.83. The molecule has 1 amide bonds. The van der Waals surface area contributed by atoms with Gasteiger partial charge in [-0.2, -0.15) is 0 Å². The largest absolute Gasteiger partial charge is 0.340 e. The number of H-pyrrole nitrogens is 1. The predicted octanol–water partition coefficient (Wildman–Crippen LogP) is 4.48. The van der Waals surface area contributed by atoms with Crippen LogP contribution in [0.15, 0.2) is 77.7 Å². The molecule has 4 aromatic rings. The molecular formula is C24H21FN4O3S. The van der Waals surface area contributed by atoms with Crippen molar-refractivity contribution in [2.45, 2.75) is 23.8 Å². The third kappa shape index (κ3) is 4.07. The minimum atomic E-state index is -4.08. The number of imidazole rings is 1. The van der Waals surface area contributed by atoms with E-state index in [0.29, 0.717) is 12.4 Å². The Morgan fingerprint density at radius 3 is 2.67 bits per heavy atom. The lowest BCUT2D eigenvalue weighted by atomic mass is 10.1. The zero-order valence-electron chi connectivity index (χ0n) is 17.5. The number of rotatable bonds is 5. The second-order valence-electron chi connectivity index (χ2n) is 7.91. The fraction of sp³-hybridized carbons (Fsp3) is 0.167. The number of nitrogens with one attached hydrogen (secondary N) is 2. The van der Waals surface area contributed by atoms with E-state index < -0.39 is 15.8 Å².